The smallest absolute Gasteiger partial charge is 0.161 e. The zero-order chi connectivity index (χ0) is 12.4. The van der Waals surface area contributed by atoms with E-state index in [2.05, 4.69) is 34.4 Å². The van der Waals surface area contributed by atoms with Gasteiger partial charge in [0.2, 0.25) is 0 Å². The molecule has 1 aromatic heterocycles. The van der Waals surface area contributed by atoms with Crippen LogP contribution in [0.4, 0.5) is 0 Å². The van der Waals surface area contributed by atoms with Crippen LogP contribution in [0.25, 0.3) is 5.70 Å². The van der Waals surface area contributed by atoms with E-state index in [4.69, 9.17) is 0 Å². The van der Waals surface area contributed by atoms with E-state index in [1.807, 2.05) is 28.8 Å². The van der Waals surface area contributed by atoms with E-state index in [0.29, 0.717) is 0 Å². The van der Waals surface area contributed by atoms with Crippen LogP contribution in [0, 0.1) is 0 Å². The van der Waals surface area contributed by atoms with Gasteiger partial charge in [-0.25, -0.2) is 0 Å². The molecular formula is C14H19N4+. The summed E-state index contributed by atoms with van der Waals surface area (Å²) in [7, 11) is 1.94. The standard InChI is InChI=1S/C14H19N4/c1-16-11-12-18(15-16)14-6-4-5-13(7-8-14)17-9-2-3-10-17/h4-7,11-12H,2-3,8-10H2,1H3/q+1. The normalized spacial score (nSPS) is 19.7. The molecule has 0 spiro atoms. The molecule has 3 rings (SSSR count). The van der Waals surface area contributed by atoms with E-state index >= 15 is 0 Å². The van der Waals surface area contributed by atoms with E-state index in [1.165, 1.54) is 37.3 Å². The van der Waals surface area contributed by atoms with Crippen LogP contribution in [0.15, 0.2) is 42.4 Å². The van der Waals surface area contributed by atoms with Crippen molar-refractivity contribution < 1.29 is 4.68 Å². The van der Waals surface area contributed by atoms with E-state index < -0.39 is 0 Å². The molecule has 0 bridgehead atoms. The van der Waals surface area contributed by atoms with Crippen LogP contribution in [0.3, 0.4) is 0 Å². The van der Waals surface area contributed by atoms with Gasteiger partial charge in [-0.15, -0.1) is 9.36 Å². The molecule has 18 heavy (non-hydrogen) atoms. The van der Waals surface area contributed by atoms with Crippen LogP contribution in [-0.2, 0) is 7.05 Å². The van der Waals surface area contributed by atoms with Crippen molar-refractivity contribution in [2.75, 3.05) is 13.1 Å². The quantitative estimate of drug-likeness (QED) is 0.735. The van der Waals surface area contributed by atoms with Crippen LogP contribution in [0.5, 0.6) is 0 Å². The first-order valence-corrected chi connectivity index (χ1v) is 6.57. The third-order valence-corrected chi connectivity index (χ3v) is 3.50. The van der Waals surface area contributed by atoms with Gasteiger partial charge in [-0.05, 0) is 25.0 Å². The average molecular weight is 243 g/mol. The Bertz CT molecular complexity index is 516. The van der Waals surface area contributed by atoms with Crippen LogP contribution in [0.1, 0.15) is 19.3 Å². The lowest BCUT2D eigenvalue weighted by Gasteiger charge is -2.18. The van der Waals surface area contributed by atoms with Gasteiger partial charge in [-0.2, -0.15) is 0 Å². The Hall–Kier alpha value is -1.84. The van der Waals surface area contributed by atoms with E-state index in [-0.39, 0.29) is 0 Å². The van der Waals surface area contributed by atoms with Gasteiger partial charge in [0.05, 0.1) is 5.21 Å². The number of aromatic nitrogens is 3. The number of aryl methyl sites for hydroxylation is 1. The Morgan fingerprint density at radius 1 is 1.28 bits per heavy atom. The Balaban J connectivity index is 1.78. The van der Waals surface area contributed by atoms with Crippen molar-refractivity contribution in [1.29, 1.82) is 0 Å². The van der Waals surface area contributed by atoms with Crippen molar-refractivity contribution in [3.63, 3.8) is 0 Å². The number of allylic oxidation sites excluding steroid dienone is 5. The van der Waals surface area contributed by atoms with Gasteiger partial charge in [0.15, 0.2) is 12.4 Å². The molecular weight excluding hydrogens is 224 g/mol. The van der Waals surface area contributed by atoms with Gasteiger partial charge in [0.25, 0.3) is 0 Å². The van der Waals surface area contributed by atoms with Crippen molar-refractivity contribution >= 4 is 5.70 Å². The van der Waals surface area contributed by atoms with Crippen molar-refractivity contribution in [1.82, 2.24) is 14.8 Å². The Kier molecular flexibility index (Phi) is 3.00. The first-order valence-electron chi connectivity index (χ1n) is 6.57. The number of rotatable bonds is 2. The molecule has 4 heteroatoms. The number of hydrogen-bond acceptors (Lipinski definition) is 2. The molecule has 1 saturated heterocycles. The molecule has 0 saturated carbocycles. The fourth-order valence-electron chi connectivity index (χ4n) is 2.51. The summed E-state index contributed by atoms with van der Waals surface area (Å²) in [6.45, 7) is 2.39. The molecule has 0 amide bonds. The molecule has 0 atom stereocenters. The fourth-order valence-corrected chi connectivity index (χ4v) is 2.51. The molecule has 94 valence electrons. The topological polar surface area (TPSA) is 24.9 Å². The molecule has 0 N–H and O–H groups in total. The molecule has 2 heterocycles. The van der Waals surface area contributed by atoms with Crippen molar-refractivity contribution in [3.8, 4) is 0 Å². The second-order valence-electron chi connectivity index (χ2n) is 4.85. The summed E-state index contributed by atoms with van der Waals surface area (Å²) in [5.74, 6) is 0. The minimum Gasteiger partial charge on any atom is -0.372 e. The summed E-state index contributed by atoms with van der Waals surface area (Å²) in [5.41, 5.74) is 2.57. The summed E-state index contributed by atoms with van der Waals surface area (Å²) in [5, 5.41) is 4.39. The third kappa shape index (κ3) is 2.23. The van der Waals surface area contributed by atoms with Gasteiger partial charge in [-0.1, -0.05) is 12.2 Å². The number of hydrogen-bond donors (Lipinski definition) is 0. The zero-order valence-corrected chi connectivity index (χ0v) is 10.8. The second kappa shape index (κ2) is 4.80. The molecule has 2 aliphatic rings. The third-order valence-electron chi connectivity index (χ3n) is 3.50. The van der Waals surface area contributed by atoms with Crippen LogP contribution in [0.2, 0.25) is 0 Å². The molecule has 1 aliphatic carbocycles. The monoisotopic (exact) mass is 243 g/mol. The Morgan fingerprint density at radius 2 is 2.11 bits per heavy atom. The van der Waals surface area contributed by atoms with Gasteiger partial charge >= 0.3 is 0 Å². The van der Waals surface area contributed by atoms with Gasteiger partial charge < -0.3 is 4.90 Å². The highest BCUT2D eigenvalue weighted by Gasteiger charge is 2.15. The van der Waals surface area contributed by atoms with Crippen molar-refractivity contribution in [2.24, 2.45) is 7.05 Å². The van der Waals surface area contributed by atoms with E-state index in [0.717, 1.165) is 6.42 Å². The minimum absolute atomic E-state index is 0.931. The lowest BCUT2D eigenvalue weighted by Crippen LogP contribution is -2.30. The summed E-state index contributed by atoms with van der Waals surface area (Å²) >= 11 is 0. The zero-order valence-electron chi connectivity index (χ0n) is 10.8. The van der Waals surface area contributed by atoms with Gasteiger partial charge in [-0.3, -0.25) is 0 Å². The van der Waals surface area contributed by atoms with Crippen molar-refractivity contribution in [3.05, 3.63) is 42.4 Å². The summed E-state index contributed by atoms with van der Waals surface area (Å²) in [4.78, 5) is 2.47. The predicted octanol–water partition coefficient (Wildman–Crippen LogP) is 1.49. The van der Waals surface area contributed by atoms with Gasteiger partial charge in [0, 0.05) is 25.2 Å². The maximum Gasteiger partial charge on any atom is 0.161 e. The van der Waals surface area contributed by atoms with Crippen LogP contribution >= 0.6 is 0 Å². The molecule has 4 nitrogen and oxygen atoms in total. The molecule has 0 aromatic carbocycles. The SMILES string of the molecule is C[n+]1ccn(C2=CC=CC(N3CCCC3)=CC2)n1. The summed E-state index contributed by atoms with van der Waals surface area (Å²) < 4.78 is 3.76. The number of nitrogens with zero attached hydrogens (tertiary/aromatic N) is 4. The number of likely N-dealkylation sites (tertiary alicyclic amines) is 1. The Morgan fingerprint density at radius 3 is 2.83 bits per heavy atom. The van der Waals surface area contributed by atoms with E-state index in [1.54, 1.807) is 0 Å². The lowest BCUT2D eigenvalue weighted by atomic mass is 10.2. The first kappa shape index (κ1) is 11.3. The van der Waals surface area contributed by atoms with Crippen LogP contribution in [-0.4, -0.2) is 27.9 Å². The lowest BCUT2D eigenvalue weighted by molar-refractivity contribution is -0.731. The summed E-state index contributed by atoms with van der Waals surface area (Å²) in [6, 6.07) is 0. The largest absolute Gasteiger partial charge is 0.372 e. The molecule has 1 aromatic rings. The highest BCUT2D eigenvalue weighted by molar-refractivity contribution is 5.51. The molecule has 1 fully saturated rings. The minimum atomic E-state index is 0.931. The van der Waals surface area contributed by atoms with E-state index in [9.17, 15) is 0 Å². The predicted molar refractivity (Wildman–Crippen MR) is 70.3 cm³/mol. The fraction of sp³-hybridized carbons (Fsp3) is 0.429. The van der Waals surface area contributed by atoms with Crippen LogP contribution < -0.4 is 4.68 Å². The molecule has 1 aliphatic heterocycles. The first-order chi connectivity index (χ1) is 8.83. The Labute approximate surface area is 107 Å². The molecule has 0 radical (unpaired) electrons. The highest BCUT2D eigenvalue weighted by atomic mass is 15.5. The highest BCUT2D eigenvalue weighted by Crippen LogP contribution is 2.21. The second-order valence-corrected chi connectivity index (χ2v) is 4.85. The molecule has 0 unspecified atom stereocenters. The maximum atomic E-state index is 4.39. The van der Waals surface area contributed by atoms with Crippen molar-refractivity contribution in [2.45, 2.75) is 19.3 Å². The summed E-state index contributed by atoms with van der Waals surface area (Å²) in [6.07, 6.45) is 16.3. The maximum absolute atomic E-state index is 4.39. The van der Waals surface area contributed by atoms with Gasteiger partial charge in [0.1, 0.15) is 12.7 Å². The average Bonchev–Trinajstić information content (AvgIpc) is 2.97.